The highest BCUT2D eigenvalue weighted by atomic mass is 35.5. The van der Waals surface area contributed by atoms with Crippen molar-refractivity contribution in [3.63, 3.8) is 0 Å². The van der Waals surface area contributed by atoms with E-state index in [0.717, 1.165) is 36.4 Å². The summed E-state index contributed by atoms with van der Waals surface area (Å²) in [6.07, 6.45) is 0. The van der Waals surface area contributed by atoms with Gasteiger partial charge in [0.05, 0.1) is 0 Å². The molecule has 4 nitrogen and oxygen atoms in total. The van der Waals surface area contributed by atoms with Gasteiger partial charge in [0.2, 0.25) is 0 Å². The molecular formula is C15H26ClN3O. The molecular weight excluding hydrogens is 274 g/mol. The fourth-order valence-electron chi connectivity index (χ4n) is 2.04. The molecule has 0 fully saturated rings. The number of urea groups is 1. The van der Waals surface area contributed by atoms with Gasteiger partial charge < -0.3 is 15.5 Å². The molecule has 1 aromatic rings. The summed E-state index contributed by atoms with van der Waals surface area (Å²) in [6, 6.07) is 5.86. The van der Waals surface area contributed by atoms with Crippen molar-refractivity contribution in [2.75, 3.05) is 31.5 Å². The van der Waals surface area contributed by atoms with Crippen LogP contribution in [0.1, 0.15) is 25.0 Å². The lowest BCUT2D eigenvalue weighted by Crippen LogP contribution is -2.37. The van der Waals surface area contributed by atoms with Crippen LogP contribution in [0.5, 0.6) is 0 Å². The third kappa shape index (κ3) is 5.80. The standard InChI is InChI=1S/C15H25N3O.ClH/c1-5-18(6-2)11-10-16-15(19)17-14-12(3)8-7-9-13(14)4;/h7-9H,5-6,10-11H2,1-4H3,(H2,16,17,19);1H. The number of carbonyl (C=O) groups is 1. The average molecular weight is 300 g/mol. The zero-order valence-electron chi connectivity index (χ0n) is 12.8. The van der Waals surface area contributed by atoms with Crippen LogP contribution < -0.4 is 10.6 Å². The molecule has 114 valence electrons. The third-order valence-corrected chi connectivity index (χ3v) is 3.33. The second-order valence-corrected chi connectivity index (χ2v) is 4.67. The Labute approximate surface area is 128 Å². The molecule has 0 radical (unpaired) electrons. The van der Waals surface area contributed by atoms with Crippen LogP contribution in [0.25, 0.3) is 0 Å². The Morgan fingerprint density at radius 2 is 1.70 bits per heavy atom. The molecule has 1 rings (SSSR count). The lowest BCUT2D eigenvalue weighted by molar-refractivity contribution is 0.247. The summed E-state index contributed by atoms with van der Waals surface area (Å²) in [5.74, 6) is 0. The van der Waals surface area contributed by atoms with Crippen molar-refractivity contribution in [1.29, 1.82) is 0 Å². The van der Waals surface area contributed by atoms with Gasteiger partial charge in [0.15, 0.2) is 0 Å². The van der Waals surface area contributed by atoms with Gasteiger partial charge in [0, 0.05) is 18.8 Å². The van der Waals surface area contributed by atoms with E-state index in [1.807, 2.05) is 32.0 Å². The first-order valence-corrected chi connectivity index (χ1v) is 6.91. The zero-order valence-corrected chi connectivity index (χ0v) is 13.6. The van der Waals surface area contributed by atoms with Crippen molar-refractivity contribution in [2.24, 2.45) is 0 Å². The highest BCUT2D eigenvalue weighted by molar-refractivity contribution is 5.90. The number of rotatable bonds is 6. The quantitative estimate of drug-likeness (QED) is 0.847. The van der Waals surface area contributed by atoms with Crippen molar-refractivity contribution >= 4 is 24.1 Å². The van der Waals surface area contributed by atoms with Gasteiger partial charge in [0.25, 0.3) is 0 Å². The maximum atomic E-state index is 11.8. The largest absolute Gasteiger partial charge is 0.337 e. The van der Waals surface area contributed by atoms with E-state index in [-0.39, 0.29) is 18.4 Å². The summed E-state index contributed by atoms with van der Waals surface area (Å²) in [5, 5.41) is 5.81. The van der Waals surface area contributed by atoms with Crippen LogP contribution in [0, 0.1) is 13.8 Å². The van der Waals surface area contributed by atoms with Gasteiger partial charge in [-0.25, -0.2) is 4.79 Å². The van der Waals surface area contributed by atoms with Crippen LogP contribution in [0.2, 0.25) is 0 Å². The summed E-state index contributed by atoms with van der Waals surface area (Å²) < 4.78 is 0. The number of aryl methyl sites for hydroxylation is 2. The SMILES string of the molecule is CCN(CC)CCNC(=O)Nc1c(C)cccc1C.Cl. The van der Waals surface area contributed by atoms with E-state index in [0.29, 0.717) is 6.54 Å². The molecule has 0 aliphatic rings. The maximum absolute atomic E-state index is 11.8. The van der Waals surface area contributed by atoms with E-state index in [2.05, 4.69) is 29.4 Å². The van der Waals surface area contributed by atoms with Crippen LogP contribution in [0.15, 0.2) is 18.2 Å². The number of nitrogens with one attached hydrogen (secondary N) is 2. The molecule has 20 heavy (non-hydrogen) atoms. The van der Waals surface area contributed by atoms with E-state index in [1.165, 1.54) is 0 Å². The Morgan fingerprint density at radius 3 is 2.20 bits per heavy atom. The molecule has 0 atom stereocenters. The average Bonchev–Trinajstić information content (AvgIpc) is 2.39. The summed E-state index contributed by atoms with van der Waals surface area (Å²) >= 11 is 0. The molecule has 2 amide bonds. The summed E-state index contributed by atoms with van der Waals surface area (Å²) in [7, 11) is 0. The van der Waals surface area contributed by atoms with Crippen molar-refractivity contribution in [3.05, 3.63) is 29.3 Å². The first-order chi connectivity index (χ1) is 9.08. The van der Waals surface area contributed by atoms with Crippen molar-refractivity contribution in [1.82, 2.24) is 10.2 Å². The first kappa shape index (κ1) is 18.7. The van der Waals surface area contributed by atoms with Gasteiger partial charge in [-0.05, 0) is 38.1 Å². The van der Waals surface area contributed by atoms with Gasteiger partial charge in [-0.1, -0.05) is 32.0 Å². The smallest absolute Gasteiger partial charge is 0.319 e. The molecule has 0 aliphatic heterocycles. The number of nitrogens with zero attached hydrogens (tertiary/aromatic N) is 1. The Bertz CT molecular complexity index is 399. The van der Waals surface area contributed by atoms with Gasteiger partial charge in [-0.3, -0.25) is 0 Å². The Hall–Kier alpha value is -1.26. The number of hydrogen-bond acceptors (Lipinski definition) is 2. The molecule has 1 aromatic carbocycles. The molecule has 0 bridgehead atoms. The summed E-state index contributed by atoms with van der Waals surface area (Å²) in [6.45, 7) is 11.8. The zero-order chi connectivity index (χ0) is 14.3. The fourth-order valence-corrected chi connectivity index (χ4v) is 2.04. The molecule has 0 heterocycles. The number of anilines is 1. The minimum atomic E-state index is -0.135. The third-order valence-electron chi connectivity index (χ3n) is 3.33. The van der Waals surface area contributed by atoms with Crippen molar-refractivity contribution < 1.29 is 4.79 Å². The van der Waals surface area contributed by atoms with Crippen LogP contribution in [-0.4, -0.2) is 37.1 Å². The highest BCUT2D eigenvalue weighted by Crippen LogP contribution is 2.18. The number of hydrogen-bond donors (Lipinski definition) is 2. The first-order valence-electron chi connectivity index (χ1n) is 6.91. The lowest BCUT2D eigenvalue weighted by atomic mass is 10.1. The summed E-state index contributed by atoms with van der Waals surface area (Å²) in [5.41, 5.74) is 3.07. The molecule has 0 spiro atoms. The highest BCUT2D eigenvalue weighted by Gasteiger charge is 2.06. The number of amides is 2. The second kappa shape index (κ2) is 9.61. The van der Waals surface area contributed by atoms with Gasteiger partial charge in [-0.2, -0.15) is 0 Å². The molecule has 2 N–H and O–H groups in total. The number of para-hydroxylation sites is 1. The normalized spacial score (nSPS) is 10.1. The number of carbonyl (C=O) groups excluding carboxylic acids is 1. The van der Waals surface area contributed by atoms with E-state index >= 15 is 0 Å². The summed E-state index contributed by atoms with van der Waals surface area (Å²) in [4.78, 5) is 14.1. The van der Waals surface area contributed by atoms with Crippen molar-refractivity contribution in [2.45, 2.75) is 27.7 Å². The predicted octanol–water partition coefficient (Wildman–Crippen LogP) is 3.19. The predicted molar refractivity (Wildman–Crippen MR) is 88.0 cm³/mol. The minimum Gasteiger partial charge on any atom is -0.337 e. The van der Waals surface area contributed by atoms with Crippen LogP contribution >= 0.6 is 12.4 Å². The van der Waals surface area contributed by atoms with Crippen molar-refractivity contribution in [3.8, 4) is 0 Å². The maximum Gasteiger partial charge on any atom is 0.319 e. The van der Waals surface area contributed by atoms with Crippen LogP contribution in [0.3, 0.4) is 0 Å². The number of benzene rings is 1. The number of likely N-dealkylation sites (N-methyl/N-ethyl adjacent to an activating group) is 1. The Kier molecular flexibility index (Phi) is 9.01. The van der Waals surface area contributed by atoms with Gasteiger partial charge >= 0.3 is 6.03 Å². The Morgan fingerprint density at radius 1 is 1.15 bits per heavy atom. The molecule has 0 aromatic heterocycles. The van der Waals surface area contributed by atoms with E-state index < -0.39 is 0 Å². The van der Waals surface area contributed by atoms with E-state index in [9.17, 15) is 4.79 Å². The van der Waals surface area contributed by atoms with Gasteiger partial charge in [0.1, 0.15) is 0 Å². The molecule has 0 saturated heterocycles. The molecule has 0 aliphatic carbocycles. The monoisotopic (exact) mass is 299 g/mol. The van der Waals surface area contributed by atoms with E-state index in [1.54, 1.807) is 0 Å². The van der Waals surface area contributed by atoms with E-state index in [4.69, 9.17) is 0 Å². The lowest BCUT2D eigenvalue weighted by Gasteiger charge is -2.18. The molecule has 0 unspecified atom stereocenters. The Balaban J connectivity index is 0.00000361. The molecule has 5 heteroatoms. The van der Waals surface area contributed by atoms with Gasteiger partial charge in [-0.15, -0.1) is 12.4 Å². The van der Waals surface area contributed by atoms with Crippen LogP contribution in [-0.2, 0) is 0 Å². The van der Waals surface area contributed by atoms with Crippen LogP contribution in [0.4, 0.5) is 10.5 Å². The second-order valence-electron chi connectivity index (χ2n) is 4.67. The minimum absolute atomic E-state index is 0. The molecule has 0 saturated carbocycles. The topological polar surface area (TPSA) is 44.4 Å². The fraction of sp³-hybridized carbons (Fsp3) is 0.533. The number of halogens is 1.